The van der Waals surface area contributed by atoms with Crippen LogP contribution in [0.1, 0.15) is 58.4 Å². The number of alkyl halides is 6. The number of nitrogen functional groups attached to an aromatic ring is 2. The van der Waals surface area contributed by atoms with Crippen LogP contribution in [0.25, 0.3) is 11.1 Å². The van der Waals surface area contributed by atoms with E-state index in [1.807, 2.05) is 86.6 Å². The van der Waals surface area contributed by atoms with Crippen molar-refractivity contribution in [1.29, 1.82) is 0 Å². The highest BCUT2D eigenvalue weighted by Gasteiger charge is 2.46. The van der Waals surface area contributed by atoms with Crippen molar-refractivity contribution in [2.75, 3.05) is 11.5 Å². The zero-order chi connectivity index (χ0) is 37.7. The first-order valence-corrected chi connectivity index (χ1v) is 17.0. The van der Waals surface area contributed by atoms with Gasteiger partial charge in [-0.3, -0.25) is 0 Å². The van der Waals surface area contributed by atoms with Gasteiger partial charge in [0, 0.05) is 11.4 Å². The number of halogens is 6. The molecule has 270 valence electrons. The molecule has 0 saturated heterocycles. The van der Waals surface area contributed by atoms with Gasteiger partial charge in [-0.25, -0.2) is 0 Å². The van der Waals surface area contributed by atoms with Gasteiger partial charge in [0.05, 0.1) is 5.41 Å². The lowest BCUT2D eigenvalue weighted by Gasteiger charge is -2.35. The van der Waals surface area contributed by atoms with E-state index in [-0.39, 0.29) is 11.5 Å². The van der Waals surface area contributed by atoms with Crippen molar-refractivity contribution >= 4 is 11.4 Å². The molecular formula is C43H34F6N2O2. The van der Waals surface area contributed by atoms with E-state index in [1.165, 1.54) is 36.4 Å². The number of rotatable bonds is 8. The second kappa shape index (κ2) is 13.3. The van der Waals surface area contributed by atoms with Gasteiger partial charge in [-0.1, -0.05) is 98.8 Å². The minimum absolute atomic E-state index is 0.252. The summed E-state index contributed by atoms with van der Waals surface area (Å²) in [6.07, 6.45) is -8.60. The van der Waals surface area contributed by atoms with Gasteiger partial charge >= 0.3 is 12.4 Å². The van der Waals surface area contributed by atoms with E-state index in [4.69, 9.17) is 20.9 Å². The summed E-state index contributed by atoms with van der Waals surface area (Å²) >= 11 is 0. The molecule has 1 aliphatic carbocycles. The number of aryl methyl sites for hydroxylation is 2. The number of fused-ring (bicyclic) bond motifs is 3. The Morgan fingerprint density at radius 3 is 1.26 bits per heavy atom. The molecule has 4 nitrogen and oxygen atoms in total. The monoisotopic (exact) mass is 724 g/mol. The maximum atomic E-state index is 14.1. The molecule has 4 N–H and O–H groups in total. The average Bonchev–Trinajstić information content (AvgIpc) is 3.42. The fraction of sp³-hybridized carbons (Fsp3) is 0.163. The van der Waals surface area contributed by atoms with Gasteiger partial charge in [0.25, 0.3) is 0 Å². The van der Waals surface area contributed by atoms with Crippen LogP contribution in [0.15, 0.2) is 121 Å². The Bertz CT molecular complexity index is 2180. The van der Waals surface area contributed by atoms with Gasteiger partial charge in [-0.2, -0.15) is 26.3 Å². The van der Waals surface area contributed by atoms with Crippen LogP contribution in [0, 0.1) is 0 Å². The normalized spacial score (nSPS) is 13.4. The van der Waals surface area contributed by atoms with Gasteiger partial charge in [0.15, 0.2) is 0 Å². The maximum absolute atomic E-state index is 14.1. The summed E-state index contributed by atoms with van der Waals surface area (Å²) in [6.45, 7) is 3.79. The molecule has 0 atom stereocenters. The lowest BCUT2D eigenvalue weighted by atomic mass is 9.67. The van der Waals surface area contributed by atoms with Crippen LogP contribution < -0.4 is 20.9 Å². The highest BCUT2D eigenvalue weighted by atomic mass is 19.4. The first kappa shape index (κ1) is 35.5. The van der Waals surface area contributed by atoms with Gasteiger partial charge in [-0.05, 0) is 93.7 Å². The third-order valence-corrected chi connectivity index (χ3v) is 9.82. The maximum Gasteiger partial charge on any atom is 0.421 e. The van der Waals surface area contributed by atoms with E-state index in [0.29, 0.717) is 24.0 Å². The fourth-order valence-corrected chi connectivity index (χ4v) is 7.51. The molecule has 0 aliphatic heterocycles. The summed E-state index contributed by atoms with van der Waals surface area (Å²) in [6, 6.07) is 34.7. The zero-order valence-corrected chi connectivity index (χ0v) is 28.7. The molecule has 1 aliphatic rings. The predicted molar refractivity (Wildman–Crippen MR) is 194 cm³/mol. The summed E-state index contributed by atoms with van der Waals surface area (Å²) in [5, 5.41) is 0. The number of anilines is 2. The Kier molecular flexibility index (Phi) is 8.88. The highest BCUT2D eigenvalue weighted by Crippen LogP contribution is 2.57. The third-order valence-electron chi connectivity index (χ3n) is 9.82. The topological polar surface area (TPSA) is 70.5 Å². The molecule has 10 heteroatoms. The Morgan fingerprint density at radius 1 is 0.491 bits per heavy atom. The van der Waals surface area contributed by atoms with Crippen LogP contribution >= 0.6 is 0 Å². The first-order valence-electron chi connectivity index (χ1n) is 17.0. The summed E-state index contributed by atoms with van der Waals surface area (Å²) in [5.74, 6) is -0.295. The second-order valence-electron chi connectivity index (χ2n) is 12.8. The van der Waals surface area contributed by atoms with Crippen molar-refractivity contribution in [1.82, 2.24) is 0 Å². The van der Waals surface area contributed by atoms with E-state index < -0.39 is 51.8 Å². The van der Waals surface area contributed by atoms with Gasteiger partial charge in [0.1, 0.15) is 34.1 Å². The van der Waals surface area contributed by atoms with Crippen molar-refractivity contribution in [3.05, 3.63) is 166 Å². The van der Waals surface area contributed by atoms with Gasteiger partial charge < -0.3 is 20.9 Å². The number of benzene rings is 6. The Hall–Kier alpha value is -5.90. The lowest BCUT2D eigenvalue weighted by molar-refractivity contribution is -0.138. The molecule has 0 saturated carbocycles. The molecule has 53 heavy (non-hydrogen) atoms. The molecule has 0 spiro atoms. The van der Waals surface area contributed by atoms with Crippen molar-refractivity contribution < 1.29 is 35.8 Å². The Morgan fingerprint density at radius 2 is 0.887 bits per heavy atom. The molecule has 6 aromatic rings. The van der Waals surface area contributed by atoms with Crippen LogP contribution in [-0.4, -0.2) is 0 Å². The van der Waals surface area contributed by atoms with Crippen LogP contribution in [0.3, 0.4) is 0 Å². The van der Waals surface area contributed by atoms with E-state index in [9.17, 15) is 26.3 Å². The van der Waals surface area contributed by atoms with Gasteiger partial charge in [0.2, 0.25) is 0 Å². The molecule has 0 bridgehead atoms. The molecule has 0 heterocycles. The Labute approximate surface area is 302 Å². The van der Waals surface area contributed by atoms with E-state index in [2.05, 4.69) is 0 Å². The third kappa shape index (κ3) is 6.01. The Balaban J connectivity index is 1.42. The van der Waals surface area contributed by atoms with Crippen molar-refractivity contribution in [2.24, 2.45) is 0 Å². The molecule has 0 unspecified atom stereocenters. The van der Waals surface area contributed by atoms with Crippen molar-refractivity contribution in [3.63, 3.8) is 0 Å². The first-order chi connectivity index (χ1) is 25.3. The fourth-order valence-electron chi connectivity index (χ4n) is 7.51. The number of hydrogen-bond acceptors (Lipinski definition) is 4. The highest BCUT2D eigenvalue weighted by molar-refractivity contribution is 5.86. The molecule has 6 aromatic carbocycles. The van der Waals surface area contributed by atoms with Gasteiger partial charge in [-0.15, -0.1) is 0 Å². The van der Waals surface area contributed by atoms with Crippen molar-refractivity contribution in [3.8, 4) is 34.1 Å². The van der Waals surface area contributed by atoms with Crippen LogP contribution in [0.5, 0.6) is 23.0 Å². The summed E-state index contributed by atoms with van der Waals surface area (Å²) < 4.78 is 96.3. The van der Waals surface area contributed by atoms with E-state index >= 15 is 0 Å². The molecule has 0 radical (unpaired) electrons. The molecule has 7 rings (SSSR count). The molecule has 0 aromatic heterocycles. The number of nitrogens with two attached hydrogens (primary N) is 2. The lowest BCUT2D eigenvalue weighted by Crippen LogP contribution is -2.29. The van der Waals surface area contributed by atoms with Crippen LogP contribution in [0.2, 0.25) is 0 Å². The largest absolute Gasteiger partial charge is 0.456 e. The van der Waals surface area contributed by atoms with Crippen LogP contribution in [-0.2, 0) is 30.6 Å². The zero-order valence-electron chi connectivity index (χ0n) is 28.7. The number of ether oxygens (including phenoxy) is 2. The van der Waals surface area contributed by atoms with E-state index in [0.717, 1.165) is 33.4 Å². The molecular weight excluding hydrogens is 690 g/mol. The van der Waals surface area contributed by atoms with E-state index in [1.54, 1.807) is 12.1 Å². The molecule has 0 fully saturated rings. The quantitative estimate of drug-likeness (QED) is 0.121. The second-order valence-corrected chi connectivity index (χ2v) is 12.8. The standard InChI is InChI=1S/C43H34F6N2O2/c1-3-25-23-27(19-21-35(25)52-37-17-9-15-33(50)39(37)42(44,45)46)41(31-13-7-5-11-29(31)30-12-6-8-14-32(30)41)28-20-22-36(26(4-2)24-28)53-38-18-10-16-34(51)40(38)43(47,48)49/h5-24H,3-4,50-51H2,1-2H3. The SMILES string of the molecule is CCc1cc(C2(c3ccc(Oc4cccc(N)c4C(F)(F)F)c(CC)c3)c3ccccc3-c3ccccc32)ccc1Oc1cccc(N)c1C(F)(F)F. The predicted octanol–water partition coefficient (Wildman–Crippen LogP) is 12.0. The number of hydrogen-bond donors (Lipinski definition) is 2. The summed E-state index contributed by atoms with van der Waals surface area (Å²) in [4.78, 5) is 0. The van der Waals surface area contributed by atoms with Crippen LogP contribution in [0.4, 0.5) is 37.7 Å². The summed E-state index contributed by atoms with van der Waals surface area (Å²) in [7, 11) is 0. The minimum atomic E-state index is -4.73. The minimum Gasteiger partial charge on any atom is -0.456 e. The average molecular weight is 725 g/mol. The summed E-state index contributed by atoms with van der Waals surface area (Å²) in [5.41, 5.74) is 14.5. The van der Waals surface area contributed by atoms with Crippen molar-refractivity contribution in [2.45, 2.75) is 44.5 Å². The smallest absolute Gasteiger partial charge is 0.421 e. The molecule has 0 amide bonds.